The van der Waals surface area contributed by atoms with Crippen LogP contribution in [-0.4, -0.2) is 41.9 Å². The summed E-state index contributed by atoms with van der Waals surface area (Å²) in [6, 6.07) is 20.9. The summed E-state index contributed by atoms with van der Waals surface area (Å²) >= 11 is 16.1. The minimum absolute atomic E-state index is 0.0460. The molecule has 3 aromatic carbocycles. The van der Waals surface area contributed by atoms with Gasteiger partial charge in [0, 0.05) is 58.4 Å². The summed E-state index contributed by atoms with van der Waals surface area (Å²) in [4.78, 5) is 17.2. The number of carbonyl (C=O) groups excluding carboxylic acids is 1. The fourth-order valence-electron chi connectivity index (χ4n) is 3.72. The molecular weight excluding hydrogens is 511 g/mol. The van der Waals surface area contributed by atoms with Crippen molar-refractivity contribution in [3.63, 3.8) is 0 Å². The minimum Gasteiger partial charge on any atom is -0.489 e. The van der Waals surface area contributed by atoms with Gasteiger partial charge in [-0.05, 0) is 48.0 Å². The van der Waals surface area contributed by atoms with Gasteiger partial charge in [0.15, 0.2) is 0 Å². The highest BCUT2D eigenvalue weighted by Gasteiger charge is 2.23. The van der Waals surface area contributed by atoms with E-state index in [1.54, 1.807) is 0 Å². The van der Waals surface area contributed by atoms with Crippen molar-refractivity contribution >= 4 is 45.0 Å². The lowest BCUT2D eigenvalue weighted by atomic mass is 10.1. The van der Waals surface area contributed by atoms with E-state index in [9.17, 15) is 4.79 Å². The van der Waals surface area contributed by atoms with Crippen LogP contribution in [0.25, 0.3) is 0 Å². The van der Waals surface area contributed by atoms with Gasteiger partial charge in [-0.15, -0.1) is 0 Å². The average molecular weight is 534 g/mol. The van der Waals surface area contributed by atoms with Gasteiger partial charge in [0.25, 0.3) is 5.91 Å². The van der Waals surface area contributed by atoms with Crippen molar-refractivity contribution in [1.29, 1.82) is 0 Å². The molecule has 1 fully saturated rings. The Kier molecular flexibility index (Phi) is 7.74. The fourth-order valence-corrected chi connectivity index (χ4v) is 4.61. The second-order valence-corrected chi connectivity index (χ2v) is 9.45. The first-order valence-electron chi connectivity index (χ1n) is 10.4. The molecule has 0 aliphatic carbocycles. The predicted molar refractivity (Wildman–Crippen MR) is 133 cm³/mol. The summed E-state index contributed by atoms with van der Waals surface area (Å²) in [5.41, 5.74) is 2.58. The minimum atomic E-state index is 0.0460. The third-order valence-corrected chi connectivity index (χ3v) is 6.68. The number of carbonyl (C=O) groups is 1. The Morgan fingerprint density at radius 1 is 0.906 bits per heavy atom. The van der Waals surface area contributed by atoms with Crippen LogP contribution < -0.4 is 4.74 Å². The molecule has 0 saturated carbocycles. The molecule has 0 unspecified atom stereocenters. The third-order valence-electron chi connectivity index (χ3n) is 5.48. The van der Waals surface area contributed by atoms with Crippen molar-refractivity contribution in [2.24, 2.45) is 0 Å². The van der Waals surface area contributed by atoms with Crippen molar-refractivity contribution < 1.29 is 9.53 Å². The first kappa shape index (κ1) is 23.1. The number of hydrogen-bond donors (Lipinski definition) is 0. The van der Waals surface area contributed by atoms with Gasteiger partial charge in [-0.3, -0.25) is 9.69 Å². The molecule has 0 aromatic heterocycles. The number of rotatable bonds is 6. The molecule has 4 rings (SSSR count). The number of ether oxygens (including phenoxy) is 1. The third kappa shape index (κ3) is 5.84. The van der Waals surface area contributed by atoms with Gasteiger partial charge < -0.3 is 9.64 Å². The van der Waals surface area contributed by atoms with Gasteiger partial charge in [-0.2, -0.15) is 0 Å². The smallest absolute Gasteiger partial charge is 0.253 e. The first-order chi connectivity index (χ1) is 15.5. The quantitative estimate of drug-likeness (QED) is 0.373. The second kappa shape index (κ2) is 10.7. The van der Waals surface area contributed by atoms with Gasteiger partial charge in [-0.25, -0.2) is 0 Å². The Labute approximate surface area is 206 Å². The van der Waals surface area contributed by atoms with E-state index < -0.39 is 0 Å². The summed E-state index contributed by atoms with van der Waals surface area (Å²) in [6.45, 7) is 3.98. The number of amides is 1. The highest BCUT2D eigenvalue weighted by molar-refractivity contribution is 9.10. The van der Waals surface area contributed by atoms with Crippen LogP contribution in [0.5, 0.6) is 5.75 Å². The van der Waals surface area contributed by atoms with E-state index >= 15 is 0 Å². The molecular formula is C25H23BrCl2N2O2. The summed E-state index contributed by atoms with van der Waals surface area (Å²) < 4.78 is 6.83. The van der Waals surface area contributed by atoms with Crippen LogP contribution in [0.3, 0.4) is 0 Å². The fraction of sp³-hybridized carbons (Fsp3) is 0.240. The lowest BCUT2D eigenvalue weighted by Gasteiger charge is -2.35. The molecule has 166 valence electrons. The summed E-state index contributed by atoms with van der Waals surface area (Å²) in [7, 11) is 0. The number of benzene rings is 3. The molecule has 3 aromatic rings. The van der Waals surface area contributed by atoms with Crippen molar-refractivity contribution in [3.05, 3.63) is 97.9 Å². The normalized spacial score (nSPS) is 14.4. The Balaban J connectivity index is 1.33. The lowest BCUT2D eigenvalue weighted by molar-refractivity contribution is 0.0628. The van der Waals surface area contributed by atoms with Gasteiger partial charge in [0.05, 0.1) is 0 Å². The predicted octanol–water partition coefficient (Wildman–Crippen LogP) is 6.29. The van der Waals surface area contributed by atoms with Crippen molar-refractivity contribution in [3.8, 4) is 5.75 Å². The average Bonchev–Trinajstić information content (AvgIpc) is 2.80. The van der Waals surface area contributed by atoms with Crippen molar-refractivity contribution in [2.45, 2.75) is 13.2 Å². The number of hydrogen-bond acceptors (Lipinski definition) is 3. The van der Waals surface area contributed by atoms with E-state index in [1.807, 2.05) is 71.6 Å². The van der Waals surface area contributed by atoms with Gasteiger partial charge in [-0.1, -0.05) is 63.4 Å². The van der Waals surface area contributed by atoms with Crippen LogP contribution in [0.4, 0.5) is 0 Å². The molecule has 1 saturated heterocycles. The van der Waals surface area contributed by atoms with E-state index in [0.717, 1.165) is 34.4 Å². The van der Waals surface area contributed by atoms with Gasteiger partial charge in [0.1, 0.15) is 12.4 Å². The molecule has 32 heavy (non-hydrogen) atoms. The number of halogens is 3. The number of piperazine rings is 1. The standard InChI is InChI=1S/C25H23BrCl2N2O2/c26-20-6-2-7-21(15-20)32-17-18-4-1-5-19(14-18)25(31)30-12-10-29(11-13-30)16-22-23(27)8-3-9-24(22)28/h1-9,14-15H,10-13,16-17H2. The molecule has 1 heterocycles. The largest absolute Gasteiger partial charge is 0.489 e. The van der Waals surface area contributed by atoms with E-state index in [2.05, 4.69) is 20.8 Å². The van der Waals surface area contributed by atoms with Crippen LogP contribution in [0, 0.1) is 0 Å². The van der Waals surface area contributed by atoms with Crippen molar-refractivity contribution in [2.75, 3.05) is 26.2 Å². The molecule has 7 heteroatoms. The second-order valence-electron chi connectivity index (χ2n) is 7.71. The van der Waals surface area contributed by atoms with Crippen LogP contribution >= 0.6 is 39.1 Å². The van der Waals surface area contributed by atoms with Crippen molar-refractivity contribution in [1.82, 2.24) is 9.80 Å². The Morgan fingerprint density at radius 2 is 1.59 bits per heavy atom. The zero-order valence-electron chi connectivity index (χ0n) is 17.4. The zero-order valence-corrected chi connectivity index (χ0v) is 20.5. The molecule has 0 spiro atoms. The number of nitrogens with zero attached hydrogens (tertiary/aromatic N) is 2. The topological polar surface area (TPSA) is 32.8 Å². The van der Waals surface area contributed by atoms with E-state index in [-0.39, 0.29) is 5.91 Å². The molecule has 1 amide bonds. The Hall–Kier alpha value is -2.05. The summed E-state index contributed by atoms with van der Waals surface area (Å²) in [5.74, 6) is 0.829. The highest BCUT2D eigenvalue weighted by atomic mass is 79.9. The maximum atomic E-state index is 13.1. The first-order valence-corrected chi connectivity index (χ1v) is 12.0. The Morgan fingerprint density at radius 3 is 2.31 bits per heavy atom. The molecule has 1 aliphatic heterocycles. The summed E-state index contributed by atoms with van der Waals surface area (Å²) in [5, 5.41) is 1.36. The maximum Gasteiger partial charge on any atom is 0.253 e. The van der Waals surface area contributed by atoms with E-state index in [0.29, 0.717) is 41.8 Å². The SMILES string of the molecule is O=C(c1cccc(COc2cccc(Br)c2)c1)N1CCN(Cc2c(Cl)cccc2Cl)CC1. The highest BCUT2D eigenvalue weighted by Crippen LogP contribution is 2.26. The van der Waals surface area contributed by atoms with E-state index in [1.165, 1.54) is 0 Å². The Bertz CT molecular complexity index is 1080. The van der Waals surface area contributed by atoms with Crippen LogP contribution in [-0.2, 0) is 13.2 Å². The molecule has 0 N–H and O–H groups in total. The zero-order chi connectivity index (χ0) is 22.5. The van der Waals surface area contributed by atoms with E-state index in [4.69, 9.17) is 27.9 Å². The van der Waals surface area contributed by atoms with Crippen LogP contribution in [0.1, 0.15) is 21.5 Å². The van der Waals surface area contributed by atoms with Gasteiger partial charge >= 0.3 is 0 Å². The molecule has 0 radical (unpaired) electrons. The molecule has 4 nitrogen and oxygen atoms in total. The summed E-state index contributed by atoms with van der Waals surface area (Å²) in [6.07, 6.45) is 0. The van der Waals surface area contributed by atoms with Crippen LogP contribution in [0.2, 0.25) is 10.0 Å². The maximum absolute atomic E-state index is 13.1. The molecule has 0 atom stereocenters. The lowest BCUT2D eigenvalue weighted by Crippen LogP contribution is -2.48. The molecule has 1 aliphatic rings. The molecule has 0 bridgehead atoms. The van der Waals surface area contributed by atoms with Gasteiger partial charge in [0.2, 0.25) is 0 Å². The monoisotopic (exact) mass is 532 g/mol. The van der Waals surface area contributed by atoms with Crippen LogP contribution in [0.15, 0.2) is 71.2 Å².